The van der Waals surface area contributed by atoms with Gasteiger partial charge in [-0.3, -0.25) is 10.1 Å². The predicted octanol–water partition coefficient (Wildman–Crippen LogP) is 3.46. The van der Waals surface area contributed by atoms with E-state index in [-0.39, 0.29) is 5.69 Å². The molecular formula is C14H17ClN4O2. The molecule has 0 bridgehead atoms. The summed E-state index contributed by atoms with van der Waals surface area (Å²) in [6.07, 6.45) is 4.47. The van der Waals surface area contributed by atoms with Gasteiger partial charge in [0, 0.05) is 30.6 Å². The molecule has 1 fully saturated rings. The topological polar surface area (TPSA) is 75.1 Å². The number of imidazole rings is 1. The van der Waals surface area contributed by atoms with Crippen molar-refractivity contribution in [2.24, 2.45) is 0 Å². The molecule has 6 nitrogen and oxygen atoms in total. The van der Waals surface area contributed by atoms with Crippen LogP contribution in [0.15, 0.2) is 18.2 Å². The Labute approximate surface area is 127 Å². The van der Waals surface area contributed by atoms with Crippen LogP contribution in [0.2, 0.25) is 0 Å². The maximum absolute atomic E-state index is 10.8. The van der Waals surface area contributed by atoms with E-state index in [2.05, 4.69) is 14.9 Å². The van der Waals surface area contributed by atoms with Gasteiger partial charge < -0.3 is 9.88 Å². The van der Waals surface area contributed by atoms with Gasteiger partial charge >= 0.3 is 0 Å². The van der Waals surface area contributed by atoms with Crippen LogP contribution in [0.1, 0.15) is 25.7 Å². The van der Waals surface area contributed by atoms with Crippen LogP contribution >= 0.6 is 11.6 Å². The Hall–Kier alpha value is -1.82. The number of H-pyrrole nitrogens is 1. The summed E-state index contributed by atoms with van der Waals surface area (Å²) >= 11 is 5.80. The van der Waals surface area contributed by atoms with Gasteiger partial charge in [-0.05, 0) is 31.7 Å². The van der Waals surface area contributed by atoms with Crippen LogP contribution in [-0.4, -0.2) is 33.4 Å². The van der Waals surface area contributed by atoms with E-state index in [4.69, 9.17) is 11.6 Å². The minimum atomic E-state index is -0.392. The smallest absolute Gasteiger partial charge is 0.271 e. The molecule has 0 aliphatic heterocycles. The first-order valence-electron chi connectivity index (χ1n) is 7.16. The number of nitrogens with zero attached hydrogens (tertiary/aromatic N) is 3. The van der Waals surface area contributed by atoms with Gasteiger partial charge in [0.05, 0.1) is 16.0 Å². The lowest BCUT2D eigenvalue weighted by Gasteiger charge is -2.37. The number of fused-ring (bicyclic) bond motifs is 1. The van der Waals surface area contributed by atoms with Gasteiger partial charge in [0.2, 0.25) is 5.95 Å². The largest absolute Gasteiger partial charge is 0.339 e. The zero-order chi connectivity index (χ0) is 14.8. The van der Waals surface area contributed by atoms with Crippen LogP contribution in [0.5, 0.6) is 0 Å². The van der Waals surface area contributed by atoms with Gasteiger partial charge in [-0.25, -0.2) is 4.98 Å². The Bertz CT molecular complexity index is 653. The average molecular weight is 309 g/mol. The third-order valence-electron chi connectivity index (χ3n) is 3.98. The summed E-state index contributed by atoms with van der Waals surface area (Å²) in [6.45, 7) is 0.857. The molecule has 7 heteroatoms. The molecule has 0 saturated heterocycles. The number of aromatic amines is 1. The number of anilines is 1. The monoisotopic (exact) mass is 308 g/mol. The maximum atomic E-state index is 10.8. The normalized spacial score (nSPS) is 15.1. The summed E-state index contributed by atoms with van der Waals surface area (Å²) in [5, 5.41) is 10.8. The van der Waals surface area contributed by atoms with Crippen molar-refractivity contribution >= 4 is 34.3 Å². The standard InChI is InChI=1S/C14H17ClN4O2/c15-7-2-8-18(10-3-1-4-10)14-16-12-6-5-11(19(20)21)9-13(12)17-14/h5-6,9-10H,1-4,7-8H2,(H,16,17). The highest BCUT2D eigenvalue weighted by Gasteiger charge is 2.27. The molecule has 2 aromatic rings. The lowest BCUT2D eigenvalue weighted by atomic mass is 9.91. The van der Waals surface area contributed by atoms with Crippen molar-refractivity contribution in [3.63, 3.8) is 0 Å². The molecule has 112 valence electrons. The SMILES string of the molecule is O=[N+]([O-])c1ccc2nc(N(CCCCl)C3CCC3)[nH]c2c1. The summed E-state index contributed by atoms with van der Waals surface area (Å²) in [7, 11) is 0. The van der Waals surface area contributed by atoms with Crippen molar-refractivity contribution in [2.75, 3.05) is 17.3 Å². The number of non-ortho nitro benzene ring substituents is 1. The van der Waals surface area contributed by atoms with Gasteiger partial charge in [0.15, 0.2) is 0 Å². The average Bonchev–Trinajstić information content (AvgIpc) is 2.83. The summed E-state index contributed by atoms with van der Waals surface area (Å²) < 4.78 is 0. The van der Waals surface area contributed by atoms with E-state index >= 15 is 0 Å². The summed E-state index contributed by atoms with van der Waals surface area (Å²) in [6, 6.07) is 5.21. The van der Waals surface area contributed by atoms with E-state index in [1.54, 1.807) is 6.07 Å². The van der Waals surface area contributed by atoms with Crippen LogP contribution in [0.3, 0.4) is 0 Å². The van der Waals surface area contributed by atoms with Crippen LogP contribution in [-0.2, 0) is 0 Å². The van der Waals surface area contributed by atoms with E-state index in [0.717, 1.165) is 24.4 Å². The van der Waals surface area contributed by atoms with E-state index < -0.39 is 4.92 Å². The quantitative estimate of drug-likeness (QED) is 0.504. The highest BCUT2D eigenvalue weighted by molar-refractivity contribution is 6.17. The van der Waals surface area contributed by atoms with E-state index in [9.17, 15) is 10.1 Å². The first kappa shape index (κ1) is 14.1. The predicted molar refractivity (Wildman–Crippen MR) is 83.1 cm³/mol. The Kier molecular flexibility index (Phi) is 3.96. The fourth-order valence-corrected chi connectivity index (χ4v) is 2.74. The highest BCUT2D eigenvalue weighted by atomic mass is 35.5. The maximum Gasteiger partial charge on any atom is 0.271 e. The van der Waals surface area contributed by atoms with Gasteiger partial charge in [0.25, 0.3) is 5.69 Å². The van der Waals surface area contributed by atoms with Crippen molar-refractivity contribution in [3.05, 3.63) is 28.3 Å². The lowest BCUT2D eigenvalue weighted by molar-refractivity contribution is -0.384. The molecule has 0 spiro atoms. The fourth-order valence-electron chi connectivity index (χ4n) is 2.62. The first-order chi connectivity index (χ1) is 10.2. The van der Waals surface area contributed by atoms with E-state index in [0.29, 0.717) is 17.4 Å². The van der Waals surface area contributed by atoms with Crippen LogP contribution in [0, 0.1) is 10.1 Å². The Morgan fingerprint density at radius 1 is 1.48 bits per heavy atom. The summed E-state index contributed by atoms with van der Waals surface area (Å²) in [4.78, 5) is 20.5. The molecule has 1 aromatic carbocycles. The molecule has 1 N–H and O–H groups in total. The molecule has 1 heterocycles. The molecule has 21 heavy (non-hydrogen) atoms. The number of alkyl halides is 1. The molecule has 0 radical (unpaired) electrons. The van der Waals surface area contributed by atoms with E-state index in [1.807, 2.05) is 0 Å². The van der Waals surface area contributed by atoms with Crippen molar-refractivity contribution < 1.29 is 4.92 Å². The van der Waals surface area contributed by atoms with Crippen LogP contribution in [0.25, 0.3) is 11.0 Å². The number of nitrogens with one attached hydrogen (secondary N) is 1. The van der Waals surface area contributed by atoms with Crippen molar-refractivity contribution in [1.29, 1.82) is 0 Å². The van der Waals surface area contributed by atoms with Crippen molar-refractivity contribution in [2.45, 2.75) is 31.7 Å². The number of aromatic nitrogens is 2. The number of hydrogen-bond acceptors (Lipinski definition) is 4. The third kappa shape index (κ3) is 2.81. The van der Waals surface area contributed by atoms with Gasteiger partial charge in [-0.1, -0.05) is 0 Å². The highest BCUT2D eigenvalue weighted by Crippen LogP contribution is 2.30. The van der Waals surface area contributed by atoms with Gasteiger partial charge in [-0.15, -0.1) is 11.6 Å². The molecule has 0 amide bonds. The lowest BCUT2D eigenvalue weighted by Crippen LogP contribution is -2.41. The fraction of sp³-hybridized carbons (Fsp3) is 0.500. The van der Waals surface area contributed by atoms with Crippen molar-refractivity contribution in [1.82, 2.24) is 9.97 Å². The van der Waals surface area contributed by atoms with Gasteiger partial charge in [0.1, 0.15) is 0 Å². The second-order valence-electron chi connectivity index (χ2n) is 5.34. The number of nitro benzene ring substituents is 1. The zero-order valence-electron chi connectivity index (χ0n) is 11.6. The second kappa shape index (κ2) is 5.89. The van der Waals surface area contributed by atoms with Crippen LogP contribution in [0.4, 0.5) is 11.6 Å². The number of benzene rings is 1. The molecule has 1 aromatic heterocycles. The van der Waals surface area contributed by atoms with Gasteiger partial charge in [-0.2, -0.15) is 0 Å². The van der Waals surface area contributed by atoms with Crippen LogP contribution < -0.4 is 4.90 Å². The Balaban J connectivity index is 1.91. The molecule has 0 unspecified atom stereocenters. The minimum absolute atomic E-state index is 0.0775. The molecular weight excluding hydrogens is 292 g/mol. The molecule has 1 aliphatic rings. The Morgan fingerprint density at radius 2 is 2.29 bits per heavy atom. The molecule has 1 saturated carbocycles. The summed E-state index contributed by atoms with van der Waals surface area (Å²) in [5.41, 5.74) is 1.54. The number of halogens is 1. The third-order valence-corrected chi connectivity index (χ3v) is 4.25. The van der Waals surface area contributed by atoms with E-state index in [1.165, 1.54) is 31.4 Å². The molecule has 3 rings (SSSR count). The first-order valence-corrected chi connectivity index (χ1v) is 7.69. The number of rotatable bonds is 6. The minimum Gasteiger partial charge on any atom is -0.339 e. The number of nitro groups is 1. The van der Waals surface area contributed by atoms with Crippen molar-refractivity contribution in [3.8, 4) is 0 Å². The second-order valence-corrected chi connectivity index (χ2v) is 5.72. The molecule has 0 atom stereocenters. The Morgan fingerprint density at radius 3 is 2.90 bits per heavy atom. The molecule has 1 aliphatic carbocycles. The zero-order valence-corrected chi connectivity index (χ0v) is 12.3. The number of hydrogen-bond donors (Lipinski definition) is 1. The summed E-state index contributed by atoms with van der Waals surface area (Å²) in [5.74, 6) is 1.41.